The third kappa shape index (κ3) is 3.78. The fraction of sp³-hybridized carbons (Fsp3) is 0.562. The lowest BCUT2D eigenvalue weighted by Crippen LogP contribution is -2.41. The van der Waals surface area contributed by atoms with Crippen molar-refractivity contribution in [1.29, 1.82) is 0 Å². The highest BCUT2D eigenvalue weighted by molar-refractivity contribution is 7.64. The van der Waals surface area contributed by atoms with Crippen molar-refractivity contribution < 1.29 is 19.0 Å². The van der Waals surface area contributed by atoms with Crippen LogP contribution in [0.15, 0.2) is 30.3 Å². The van der Waals surface area contributed by atoms with Crippen LogP contribution in [0, 0.1) is 0 Å². The third-order valence-corrected chi connectivity index (χ3v) is 6.58. The van der Waals surface area contributed by atoms with Crippen molar-refractivity contribution in [2.45, 2.75) is 45.1 Å². The van der Waals surface area contributed by atoms with Crippen molar-refractivity contribution in [1.82, 2.24) is 4.67 Å². The summed E-state index contributed by atoms with van der Waals surface area (Å²) >= 11 is 0. The van der Waals surface area contributed by atoms with Gasteiger partial charge in [-0.25, -0.2) is 4.67 Å². The van der Waals surface area contributed by atoms with E-state index in [0.717, 1.165) is 25.7 Å². The number of nitrogens with zero attached hydrogens (tertiary/aromatic N) is 1. The predicted octanol–water partition coefficient (Wildman–Crippen LogP) is 3.26. The van der Waals surface area contributed by atoms with Gasteiger partial charge in [-0.05, 0) is 31.4 Å². The summed E-state index contributed by atoms with van der Waals surface area (Å²) < 4.78 is 20.9. The lowest BCUT2D eigenvalue weighted by atomic mass is 10.1. The molecular weight excluding hydrogens is 301 g/mol. The fourth-order valence-corrected chi connectivity index (χ4v) is 5.25. The number of hydrogen-bond acceptors (Lipinski definition) is 3. The van der Waals surface area contributed by atoms with Crippen LogP contribution in [0.4, 0.5) is 0 Å². The van der Waals surface area contributed by atoms with Gasteiger partial charge in [0.15, 0.2) is 0 Å². The van der Waals surface area contributed by atoms with Gasteiger partial charge in [0.25, 0.3) is 0 Å². The molecule has 1 aromatic carbocycles. The number of carboxylic acid groups (broad SMARTS) is 1. The number of hydrogen-bond donors (Lipinski definition) is 1. The van der Waals surface area contributed by atoms with Crippen LogP contribution in [0.2, 0.25) is 0 Å². The van der Waals surface area contributed by atoms with Gasteiger partial charge in [0.1, 0.15) is 6.04 Å². The van der Waals surface area contributed by atoms with Crippen LogP contribution in [0.1, 0.15) is 39.0 Å². The van der Waals surface area contributed by atoms with Gasteiger partial charge in [-0.3, -0.25) is 9.36 Å². The Labute approximate surface area is 131 Å². The first-order valence-corrected chi connectivity index (χ1v) is 9.47. The average Bonchev–Trinajstić information content (AvgIpc) is 2.72. The molecule has 2 rings (SSSR count). The standard InChI is InChI=1S/C16H24NO4P/c1-2-3-11-15(16(18)19)17-12-7-8-13-21-22(17,20)14-9-5-4-6-10-14/h4-6,9-10,15H,2-3,7-8,11-13H2,1H3,(H,18,19). The number of rotatable bonds is 6. The molecule has 0 radical (unpaired) electrons. The maximum atomic E-state index is 13.5. The van der Waals surface area contributed by atoms with E-state index >= 15 is 0 Å². The second-order valence-electron chi connectivity index (χ2n) is 5.56. The molecule has 1 fully saturated rings. The van der Waals surface area contributed by atoms with Crippen LogP contribution < -0.4 is 5.30 Å². The lowest BCUT2D eigenvalue weighted by molar-refractivity contribution is -0.141. The Morgan fingerprint density at radius 2 is 2.09 bits per heavy atom. The average molecular weight is 325 g/mol. The van der Waals surface area contributed by atoms with Crippen LogP contribution in [0.3, 0.4) is 0 Å². The number of carboxylic acids is 1. The zero-order valence-corrected chi connectivity index (χ0v) is 13.9. The van der Waals surface area contributed by atoms with Crippen molar-refractivity contribution in [2.75, 3.05) is 13.2 Å². The van der Waals surface area contributed by atoms with E-state index in [2.05, 4.69) is 0 Å². The molecule has 0 bridgehead atoms. The predicted molar refractivity (Wildman–Crippen MR) is 86.5 cm³/mol. The highest BCUT2D eigenvalue weighted by Crippen LogP contribution is 2.53. The highest BCUT2D eigenvalue weighted by Gasteiger charge is 2.42. The largest absolute Gasteiger partial charge is 0.480 e. The number of aliphatic carboxylic acids is 1. The zero-order chi connectivity index (χ0) is 16.0. The molecule has 1 aliphatic heterocycles. The molecule has 0 amide bonds. The molecule has 0 aromatic heterocycles. The molecule has 2 unspecified atom stereocenters. The van der Waals surface area contributed by atoms with Crippen LogP contribution in [-0.4, -0.2) is 34.9 Å². The quantitative estimate of drug-likeness (QED) is 0.813. The van der Waals surface area contributed by atoms with E-state index in [-0.39, 0.29) is 0 Å². The molecule has 122 valence electrons. The molecule has 1 N–H and O–H groups in total. The zero-order valence-electron chi connectivity index (χ0n) is 13.0. The topological polar surface area (TPSA) is 66.8 Å². The molecular formula is C16H24NO4P. The van der Waals surface area contributed by atoms with E-state index in [0.29, 0.717) is 24.9 Å². The molecule has 0 aliphatic carbocycles. The Morgan fingerprint density at radius 1 is 1.36 bits per heavy atom. The lowest BCUT2D eigenvalue weighted by Gasteiger charge is -2.33. The number of unbranched alkanes of at least 4 members (excludes halogenated alkanes) is 1. The minimum absolute atomic E-state index is 0.406. The minimum Gasteiger partial charge on any atom is -0.480 e. The van der Waals surface area contributed by atoms with Crippen molar-refractivity contribution in [3.05, 3.63) is 30.3 Å². The Bertz CT molecular complexity index is 534. The van der Waals surface area contributed by atoms with Gasteiger partial charge in [0, 0.05) is 6.54 Å². The Kier molecular flexibility index (Phi) is 6.18. The van der Waals surface area contributed by atoms with Crippen LogP contribution in [0.5, 0.6) is 0 Å². The Morgan fingerprint density at radius 3 is 2.73 bits per heavy atom. The minimum atomic E-state index is -3.32. The van der Waals surface area contributed by atoms with Gasteiger partial charge < -0.3 is 9.63 Å². The van der Waals surface area contributed by atoms with Gasteiger partial charge >= 0.3 is 13.5 Å². The summed E-state index contributed by atoms with van der Waals surface area (Å²) in [5.74, 6) is -0.921. The molecule has 1 heterocycles. The summed E-state index contributed by atoms with van der Waals surface area (Å²) in [6.07, 6.45) is 3.79. The first-order valence-electron chi connectivity index (χ1n) is 7.89. The molecule has 1 aromatic rings. The fourth-order valence-electron chi connectivity index (χ4n) is 2.75. The second kappa shape index (κ2) is 7.91. The van der Waals surface area contributed by atoms with E-state index in [1.807, 2.05) is 25.1 Å². The first-order chi connectivity index (χ1) is 10.6. The summed E-state index contributed by atoms with van der Waals surface area (Å²) in [5.41, 5.74) is 0. The summed E-state index contributed by atoms with van der Waals surface area (Å²) in [5, 5.41) is 10.2. The van der Waals surface area contributed by atoms with Gasteiger partial charge in [0.2, 0.25) is 0 Å². The van der Waals surface area contributed by atoms with Gasteiger partial charge in [0.05, 0.1) is 11.9 Å². The smallest absolute Gasteiger partial charge is 0.321 e. The molecule has 1 saturated heterocycles. The van der Waals surface area contributed by atoms with Crippen LogP contribution in [-0.2, 0) is 13.9 Å². The maximum absolute atomic E-state index is 13.5. The van der Waals surface area contributed by atoms with E-state index in [1.54, 1.807) is 16.8 Å². The maximum Gasteiger partial charge on any atom is 0.321 e. The van der Waals surface area contributed by atoms with Crippen molar-refractivity contribution >= 4 is 18.8 Å². The van der Waals surface area contributed by atoms with E-state index in [4.69, 9.17) is 4.52 Å². The SMILES string of the molecule is CCCCC(C(=O)O)N1CCCCOP1(=O)c1ccccc1. The molecule has 5 nitrogen and oxygen atoms in total. The molecule has 22 heavy (non-hydrogen) atoms. The monoisotopic (exact) mass is 325 g/mol. The summed E-state index contributed by atoms with van der Waals surface area (Å²) in [4.78, 5) is 11.7. The Hall–Kier alpha value is -1.16. The summed E-state index contributed by atoms with van der Waals surface area (Å²) in [6.45, 7) is 2.92. The highest BCUT2D eigenvalue weighted by atomic mass is 31.2. The third-order valence-electron chi connectivity index (χ3n) is 3.94. The van der Waals surface area contributed by atoms with Gasteiger partial charge in [-0.1, -0.05) is 38.0 Å². The number of benzene rings is 1. The Balaban J connectivity index is 2.38. The molecule has 0 saturated carbocycles. The van der Waals surface area contributed by atoms with Gasteiger partial charge in [-0.15, -0.1) is 0 Å². The summed E-state index contributed by atoms with van der Waals surface area (Å²) in [7, 11) is -3.32. The van der Waals surface area contributed by atoms with Crippen LogP contribution >= 0.6 is 7.52 Å². The van der Waals surface area contributed by atoms with Crippen LogP contribution in [0.25, 0.3) is 0 Å². The summed E-state index contributed by atoms with van der Waals surface area (Å²) in [6, 6.07) is 8.23. The molecule has 2 atom stereocenters. The normalized spacial score (nSPS) is 24.6. The van der Waals surface area contributed by atoms with Crippen molar-refractivity contribution in [2.24, 2.45) is 0 Å². The number of carbonyl (C=O) groups is 1. The molecule has 0 spiro atoms. The van der Waals surface area contributed by atoms with E-state index in [9.17, 15) is 14.5 Å². The van der Waals surface area contributed by atoms with Gasteiger partial charge in [-0.2, -0.15) is 0 Å². The molecule has 1 aliphatic rings. The van der Waals surface area contributed by atoms with E-state index in [1.165, 1.54) is 0 Å². The van der Waals surface area contributed by atoms with E-state index < -0.39 is 19.5 Å². The second-order valence-corrected chi connectivity index (χ2v) is 7.88. The van der Waals surface area contributed by atoms with Crippen molar-refractivity contribution in [3.8, 4) is 0 Å². The molecule has 6 heteroatoms. The first kappa shape index (κ1) is 17.2. The van der Waals surface area contributed by atoms with Crippen molar-refractivity contribution in [3.63, 3.8) is 0 Å².